The predicted octanol–water partition coefficient (Wildman–Crippen LogP) is 4.59. The van der Waals surface area contributed by atoms with Gasteiger partial charge in [0.2, 0.25) is 0 Å². The highest BCUT2D eigenvalue weighted by atomic mass is 35.5. The van der Waals surface area contributed by atoms with Crippen LogP contribution < -0.4 is 10.5 Å². The van der Waals surface area contributed by atoms with Crippen LogP contribution in [0.25, 0.3) is 22.4 Å². The van der Waals surface area contributed by atoms with Gasteiger partial charge in [-0.1, -0.05) is 35.9 Å². The van der Waals surface area contributed by atoms with Crippen molar-refractivity contribution in [1.82, 2.24) is 9.78 Å². The van der Waals surface area contributed by atoms with Gasteiger partial charge in [-0.2, -0.15) is 5.10 Å². The molecule has 28 heavy (non-hydrogen) atoms. The molecular weight excluding hydrogens is 395 g/mol. The highest BCUT2D eigenvalue weighted by Gasteiger charge is 2.29. The molecule has 2 N–H and O–H groups in total. The first-order valence-electron chi connectivity index (χ1n) is 8.03. The molecule has 0 aliphatic heterocycles. The first-order valence-corrected chi connectivity index (χ1v) is 8.41. The summed E-state index contributed by atoms with van der Waals surface area (Å²) in [5.41, 5.74) is 5.03. The molecule has 0 spiro atoms. The second-order valence-electron chi connectivity index (χ2n) is 5.91. The molecule has 1 amide bonds. The highest BCUT2D eigenvalue weighted by molar-refractivity contribution is 6.32. The molecule has 0 aliphatic carbocycles. The molecule has 3 rings (SSSR count). The number of aromatic nitrogens is 2. The van der Waals surface area contributed by atoms with E-state index >= 15 is 0 Å². The van der Waals surface area contributed by atoms with E-state index in [1.165, 1.54) is 20.2 Å². The van der Waals surface area contributed by atoms with Crippen molar-refractivity contribution in [3.63, 3.8) is 0 Å². The van der Waals surface area contributed by atoms with E-state index in [1.807, 2.05) is 0 Å². The molecule has 1 heterocycles. The smallest absolute Gasteiger partial charge is 0.282 e. The van der Waals surface area contributed by atoms with Crippen molar-refractivity contribution < 1.29 is 22.7 Å². The van der Waals surface area contributed by atoms with Gasteiger partial charge in [0.25, 0.3) is 12.3 Å². The highest BCUT2D eigenvalue weighted by Crippen LogP contribution is 2.40. The fraction of sp³-hybridized carbons (Fsp3) is 0.158. The van der Waals surface area contributed by atoms with Gasteiger partial charge in [0, 0.05) is 18.2 Å². The van der Waals surface area contributed by atoms with Gasteiger partial charge in [-0.3, -0.25) is 9.48 Å². The number of alkyl halides is 2. The van der Waals surface area contributed by atoms with Gasteiger partial charge in [0.15, 0.2) is 0 Å². The van der Waals surface area contributed by atoms with Crippen molar-refractivity contribution in [2.75, 3.05) is 7.11 Å². The zero-order valence-corrected chi connectivity index (χ0v) is 15.6. The Labute approximate surface area is 163 Å². The van der Waals surface area contributed by atoms with Gasteiger partial charge in [0.1, 0.15) is 17.3 Å². The van der Waals surface area contributed by atoms with Crippen LogP contribution in [0, 0.1) is 5.82 Å². The Kier molecular flexibility index (Phi) is 5.33. The van der Waals surface area contributed by atoms with E-state index in [9.17, 15) is 18.0 Å². The van der Waals surface area contributed by atoms with Crippen molar-refractivity contribution in [3.8, 4) is 28.1 Å². The monoisotopic (exact) mass is 409 g/mol. The second kappa shape index (κ2) is 7.55. The standard InChI is InChI=1S/C19H15ClF3N3O2/c1-26-17(15(19(24)27)16(25-26)18(22)23)10-6-4-3-5-9(10)11-7-14(28-2)12(20)8-13(11)21/h3-8,18H,1-2H3,(H2,24,27). The second-order valence-corrected chi connectivity index (χ2v) is 6.32. The molecule has 0 bridgehead atoms. The van der Waals surface area contributed by atoms with Crippen LogP contribution in [-0.4, -0.2) is 22.8 Å². The summed E-state index contributed by atoms with van der Waals surface area (Å²) in [7, 11) is 2.79. The maximum Gasteiger partial charge on any atom is 0.282 e. The molecule has 0 radical (unpaired) electrons. The summed E-state index contributed by atoms with van der Waals surface area (Å²) < 4.78 is 47.6. The van der Waals surface area contributed by atoms with E-state index in [4.69, 9.17) is 22.1 Å². The zero-order chi connectivity index (χ0) is 20.6. The minimum atomic E-state index is -3.00. The number of carbonyl (C=O) groups is 1. The predicted molar refractivity (Wildman–Crippen MR) is 99.1 cm³/mol. The number of nitrogens with zero attached hydrogens (tertiary/aromatic N) is 2. The summed E-state index contributed by atoms with van der Waals surface area (Å²) in [5.74, 6) is -1.46. The van der Waals surface area contributed by atoms with Crippen molar-refractivity contribution in [2.24, 2.45) is 12.8 Å². The molecule has 1 aromatic heterocycles. The molecule has 0 unspecified atom stereocenters. The Bertz CT molecular complexity index is 1070. The van der Waals surface area contributed by atoms with E-state index in [2.05, 4.69) is 5.10 Å². The average Bonchev–Trinajstić information content (AvgIpc) is 3.00. The van der Waals surface area contributed by atoms with Crippen LogP contribution in [0.1, 0.15) is 22.5 Å². The molecule has 2 aromatic carbocycles. The molecule has 0 fully saturated rings. The minimum absolute atomic E-state index is 0.0618. The summed E-state index contributed by atoms with van der Waals surface area (Å²) in [6.45, 7) is 0. The molecular formula is C19H15ClF3N3O2. The number of aryl methyl sites for hydroxylation is 1. The number of rotatable bonds is 5. The third-order valence-corrected chi connectivity index (χ3v) is 4.54. The lowest BCUT2D eigenvalue weighted by atomic mass is 9.94. The van der Waals surface area contributed by atoms with Crippen molar-refractivity contribution in [3.05, 3.63) is 58.5 Å². The van der Waals surface area contributed by atoms with E-state index in [1.54, 1.807) is 24.3 Å². The van der Waals surface area contributed by atoms with Gasteiger partial charge in [-0.05, 0) is 17.7 Å². The van der Waals surface area contributed by atoms with Crippen molar-refractivity contribution in [2.45, 2.75) is 6.43 Å². The quantitative estimate of drug-likeness (QED) is 0.670. The number of ether oxygens (including phenoxy) is 1. The number of benzene rings is 2. The third-order valence-electron chi connectivity index (χ3n) is 4.24. The zero-order valence-electron chi connectivity index (χ0n) is 14.8. The van der Waals surface area contributed by atoms with E-state index in [-0.39, 0.29) is 22.0 Å². The maximum absolute atomic E-state index is 14.7. The maximum atomic E-state index is 14.7. The number of hydrogen-bond acceptors (Lipinski definition) is 3. The first-order chi connectivity index (χ1) is 13.3. The van der Waals surface area contributed by atoms with Crippen LogP contribution in [0.3, 0.4) is 0 Å². The van der Waals surface area contributed by atoms with Crippen LogP contribution in [0.15, 0.2) is 36.4 Å². The summed E-state index contributed by atoms with van der Waals surface area (Å²) >= 11 is 5.95. The lowest BCUT2D eigenvalue weighted by Crippen LogP contribution is -2.14. The number of hydrogen-bond donors (Lipinski definition) is 1. The summed E-state index contributed by atoms with van der Waals surface area (Å²) in [5, 5.41) is 3.82. The fourth-order valence-corrected chi connectivity index (χ4v) is 3.29. The number of carbonyl (C=O) groups excluding carboxylic acids is 1. The lowest BCUT2D eigenvalue weighted by molar-refractivity contribution is 0.0985. The van der Waals surface area contributed by atoms with Crippen LogP contribution in [-0.2, 0) is 7.05 Å². The van der Waals surface area contributed by atoms with E-state index < -0.39 is 29.4 Å². The summed E-state index contributed by atoms with van der Waals surface area (Å²) in [6.07, 6.45) is -3.00. The Balaban J connectivity index is 2.34. The molecule has 0 saturated carbocycles. The Morgan fingerprint density at radius 2 is 1.86 bits per heavy atom. The number of methoxy groups -OCH3 is 1. The van der Waals surface area contributed by atoms with Crippen molar-refractivity contribution in [1.29, 1.82) is 0 Å². The van der Waals surface area contributed by atoms with Gasteiger partial charge in [-0.25, -0.2) is 13.2 Å². The minimum Gasteiger partial charge on any atom is -0.495 e. The van der Waals surface area contributed by atoms with E-state index in [0.29, 0.717) is 11.1 Å². The molecule has 5 nitrogen and oxygen atoms in total. The topological polar surface area (TPSA) is 70.1 Å². The van der Waals surface area contributed by atoms with Crippen molar-refractivity contribution >= 4 is 17.5 Å². The molecule has 0 aliphatic rings. The van der Waals surface area contributed by atoms with E-state index in [0.717, 1.165) is 10.7 Å². The Hall–Kier alpha value is -3.00. The molecule has 9 heteroatoms. The normalized spacial score (nSPS) is 11.1. The lowest BCUT2D eigenvalue weighted by Gasteiger charge is -2.14. The van der Waals surface area contributed by atoms with Crippen LogP contribution >= 0.6 is 11.6 Å². The molecule has 0 saturated heterocycles. The largest absolute Gasteiger partial charge is 0.495 e. The number of amides is 1. The van der Waals surface area contributed by atoms with Gasteiger partial charge in [-0.15, -0.1) is 0 Å². The van der Waals surface area contributed by atoms with Gasteiger partial charge < -0.3 is 10.5 Å². The average molecular weight is 410 g/mol. The first kappa shape index (κ1) is 19.8. The molecule has 146 valence electrons. The summed E-state index contributed by atoms with van der Waals surface area (Å²) in [4.78, 5) is 11.9. The van der Waals surface area contributed by atoms with Gasteiger partial charge >= 0.3 is 0 Å². The van der Waals surface area contributed by atoms with Crippen LogP contribution in [0.2, 0.25) is 5.02 Å². The van der Waals surface area contributed by atoms with Crippen LogP contribution in [0.5, 0.6) is 5.75 Å². The number of nitrogens with two attached hydrogens (primary N) is 1. The summed E-state index contributed by atoms with van der Waals surface area (Å²) in [6, 6.07) is 8.91. The SMILES string of the molecule is COc1cc(-c2ccccc2-c2c(C(N)=O)c(C(F)F)nn2C)c(F)cc1Cl. The molecule has 0 atom stereocenters. The Morgan fingerprint density at radius 1 is 1.21 bits per heavy atom. The van der Waals surface area contributed by atoms with Gasteiger partial charge in [0.05, 0.1) is 23.4 Å². The Morgan fingerprint density at radius 3 is 2.43 bits per heavy atom. The third kappa shape index (κ3) is 3.31. The number of primary amides is 1. The molecule has 3 aromatic rings. The van der Waals surface area contributed by atoms with Crippen LogP contribution in [0.4, 0.5) is 13.2 Å². The fourth-order valence-electron chi connectivity index (χ4n) is 3.07. The number of halogens is 4.